The Balaban J connectivity index is 1.56. The molecular formula is C17H25N3O4. The Labute approximate surface area is 142 Å². The van der Waals surface area contributed by atoms with Crippen LogP contribution in [0.5, 0.6) is 0 Å². The predicted octanol–water partition coefficient (Wildman–Crippen LogP) is 0.675. The first-order valence-electron chi connectivity index (χ1n) is 8.55. The molecule has 0 saturated carbocycles. The van der Waals surface area contributed by atoms with Gasteiger partial charge in [0, 0.05) is 46.4 Å². The van der Waals surface area contributed by atoms with Gasteiger partial charge in [-0.3, -0.25) is 14.5 Å². The van der Waals surface area contributed by atoms with Gasteiger partial charge in [-0.05, 0) is 25.0 Å². The summed E-state index contributed by atoms with van der Waals surface area (Å²) in [5.41, 5.74) is 0. The van der Waals surface area contributed by atoms with Crippen LogP contribution < -0.4 is 0 Å². The van der Waals surface area contributed by atoms with Crippen LogP contribution in [-0.4, -0.2) is 85.5 Å². The van der Waals surface area contributed by atoms with Crippen molar-refractivity contribution >= 4 is 11.8 Å². The highest BCUT2D eigenvalue weighted by molar-refractivity contribution is 5.91. The van der Waals surface area contributed by atoms with Crippen molar-refractivity contribution in [3.8, 4) is 0 Å². The minimum Gasteiger partial charge on any atom is -0.459 e. The van der Waals surface area contributed by atoms with Gasteiger partial charge >= 0.3 is 0 Å². The maximum absolute atomic E-state index is 12.6. The molecule has 3 rings (SSSR count). The van der Waals surface area contributed by atoms with Gasteiger partial charge in [-0.25, -0.2) is 0 Å². The highest BCUT2D eigenvalue weighted by Gasteiger charge is 2.36. The van der Waals surface area contributed by atoms with E-state index in [9.17, 15) is 9.59 Å². The summed E-state index contributed by atoms with van der Waals surface area (Å²) in [4.78, 5) is 30.9. The SMILES string of the molecule is COCCN1CCC(N2CCCN(C(=O)c3ccco3)CC2)C1=O. The predicted molar refractivity (Wildman–Crippen MR) is 87.7 cm³/mol. The molecule has 2 aliphatic heterocycles. The third-order valence-electron chi connectivity index (χ3n) is 4.82. The summed E-state index contributed by atoms with van der Waals surface area (Å²) in [7, 11) is 1.65. The van der Waals surface area contributed by atoms with E-state index in [4.69, 9.17) is 9.15 Å². The van der Waals surface area contributed by atoms with Crippen LogP contribution in [0.2, 0.25) is 0 Å². The number of amides is 2. The van der Waals surface area contributed by atoms with Crippen LogP contribution in [0.4, 0.5) is 0 Å². The Hall–Kier alpha value is -1.86. The molecule has 7 heteroatoms. The molecule has 2 saturated heterocycles. The molecule has 1 aromatic heterocycles. The topological polar surface area (TPSA) is 66.2 Å². The Kier molecular flexibility index (Phi) is 5.52. The van der Waals surface area contributed by atoms with Crippen LogP contribution >= 0.6 is 0 Å². The molecule has 0 spiro atoms. The molecule has 0 aliphatic carbocycles. The van der Waals surface area contributed by atoms with Crippen molar-refractivity contribution in [1.82, 2.24) is 14.7 Å². The lowest BCUT2D eigenvalue weighted by atomic mass is 10.2. The van der Waals surface area contributed by atoms with E-state index in [2.05, 4.69) is 4.90 Å². The number of carbonyl (C=O) groups excluding carboxylic acids is 2. The van der Waals surface area contributed by atoms with Gasteiger partial charge in [-0.2, -0.15) is 0 Å². The first-order valence-corrected chi connectivity index (χ1v) is 8.55. The summed E-state index contributed by atoms with van der Waals surface area (Å²) in [6.07, 6.45) is 3.24. The number of hydrogen-bond donors (Lipinski definition) is 0. The van der Waals surface area contributed by atoms with Crippen LogP contribution in [-0.2, 0) is 9.53 Å². The fourth-order valence-corrected chi connectivity index (χ4v) is 3.49. The fraction of sp³-hybridized carbons (Fsp3) is 0.647. The molecule has 7 nitrogen and oxygen atoms in total. The second-order valence-electron chi connectivity index (χ2n) is 6.28. The maximum Gasteiger partial charge on any atom is 0.289 e. The average Bonchev–Trinajstić information content (AvgIpc) is 3.17. The van der Waals surface area contributed by atoms with Crippen molar-refractivity contribution in [2.75, 3.05) is 53.0 Å². The highest BCUT2D eigenvalue weighted by Crippen LogP contribution is 2.19. The number of methoxy groups -OCH3 is 1. The molecule has 0 bridgehead atoms. The van der Waals surface area contributed by atoms with E-state index in [-0.39, 0.29) is 17.9 Å². The van der Waals surface area contributed by atoms with Gasteiger partial charge in [0.25, 0.3) is 5.91 Å². The van der Waals surface area contributed by atoms with Crippen molar-refractivity contribution in [1.29, 1.82) is 0 Å². The molecular weight excluding hydrogens is 310 g/mol. The van der Waals surface area contributed by atoms with Crippen molar-refractivity contribution in [2.24, 2.45) is 0 Å². The average molecular weight is 335 g/mol. The van der Waals surface area contributed by atoms with Crippen molar-refractivity contribution < 1.29 is 18.7 Å². The standard InChI is InChI=1S/C17H25N3O4/c1-23-13-11-20-8-5-14(16(20)21)18-6-3-7-19(10-9-18)17(22)15-4-2-12-24-15/h2,4,12,14H,3,5-11,13H2,1H3. The van der Waals surface area contributed by atoms with Crippen molar-refractivity contribution in [3.63, 3.8) is 0 Å². The van der Waals surface area contributed by atoms with Gasteiger partial charge in [0.05, 0.1) is 18.9 Å². The van der Waals surface area contributed by atoms with E-state index < -0.39 is 0 Å². The van der Waals surface area contributed by atoms with Crippen LogP contribution in [0.15, 0.2) is 22.8 Å². The minimum atomic E-state index is -0.0682. The third-order valence-corrected chi connectivity index (χ3v) is 4.82. The number of nitrogens with zero attached hydrogens (tertiary/aromatic N) is 3. The summed E-state index contributed by atoms with van der Waals surface area (Å²) in [5.74, 6) is 0.505. The molecule has 2 amide bonds. The lowest BCUT2D eigenvalue weighted by Gasteiger charge is -2.26. The number of carbonyl (C=O) groups is 2. The second-order valence-corrected chi connectivity index (χ2v) is 6.28. The summed E-state index contributed by atoms with van der Waals surface area (Å²) in [6, 6.07) is 3.36. The zero-order valence-corrected chi connectivity index (χ0v) is 14.1. The summed E-state index contributed by atoms with van der Waals surface area (Å²) in [6.45, 7) is 4.91. The van der Waals surface area contributed by atoms with Crippen LogP contribution in [0.25, 0.3) is 0 Å². The number of ether oxygens (including phenoxy) is 1. The van der Waals surface area contributed by atoms with E-state index in [0.29, 0.717) is 32.0 Å². The van der Waals surface area contributed by atoms with Gasteiger partial charge in [0.2, 0.25) is 5.91 Å². The number of hydrogen-bond acceptors (Lipinski definition) is 5. The summed E-state index contributed by atoms with van der Waals surface area (Å²) >= 11 is 0. The van der Waals surface area contributed by atoms with Gasteiger partial charge in [-0.15, -0.1) is 0 Å². The summed E-state index contributed by atoms with van der Waals surface area (Å²) in [5, 5.41) is 0. The second kappa shape index (κ2) is 7.81. The monoisotopic (exact) mass is 335 g/mol. The van der Waals surface area contributed by atoms with E-state index >= 15 is 0 Å². The molecule has 2 fully saturated rings. The quantitative estimate of drug-likeness (QED) is 0.791. The van der Waals surface area contributed by atoms with E-state index in [1.165, 1.54) is 6.26 Å². The molecule has 0 radical (unpaired) electrons. The molecule has 0 aromatic carbocycles. The number of furan rings is 1. The van der Waals surface area contributed by atoms with Gasteiger partial charge in [-0.1, -0.05) is 0 Å². The van der Waals surface area contributed by atoms with E-state index in [1.54, 1.807) is 19.2 Å². The molecule has 1 atom stereocenters. The lowest BCUT2D eigenvalue weighted by Crippen LogP contribution is -2.44. The fourth-order valence-electron chi connectivity index (χ4n) is 3.49. The van der Waals surface area contributed by atoms with Gasteiger partial charge in [0.15, 0.2) is 5.76 Å². The third kappa shape index (κ3) is 3.62. The molecule has 1 aromatic rings. The molecule has 2 aliphatic rings. The zero-order valence-electron chi connectivity index (χ0n) is 14.1. The Morgan fingerprint density at radius 1 is 1.29 bits per heavy atom. The Morgan fingerprint density at radius 3 is 2.92 bits per heavy atom. The number of rotatable bonds is 5. The lowest BCUT2D eigenvalue weighted by molar-refractivity contribution is -0.132. The van der Waals surface area contributed by atoms with Crippen LogP contribution in [0.3, 0.4) is 0 Å². The van der Waals surface area contributed by atoms with Crippen molar-refractivity contribution in [3.05, 3.63) is 24.2 Å². The maximum atomic E-state index is 12.6. The van der Waals surface area contributed by atoms with E-state index in [1.807, 2.05) is 9.80 Å². The zero-order chi connectivity index (χ0) is 16.9. The molecule has 1 unspecified atom stereocenters. The van der Waals surface area contributed by atoms with Crippen LogP contribution in [0.1, 0.15) is 23.4 Å². The van der Waals surface area contributed by atoms with Gasteiger partial charge < -0.3 is 19.0 Å². The van der Waals surface area contributed by atoms with Crippen LogP contribution in [0, 0.1) is 0 Å². The first kappa shape index (κ1) is 17.0. The van der Waals surface area contributed by atoms with Gasteiger partial charge in [0.1, 0.15) is 0 Å². The molecule has 3 heterocycles. The minimum absolute atomic E-state index is 0.0551. The molecule has 24 heavy (non-hydrogen) atoms. The normalized spacial score (nSPS) is 22.9. The largest absolute Gasteiger partial charge is 0.459 e. The molecule has 0 N–H and O–H groups in total. The Morgan fingerprint density at radius 2 is 2.17 bits per heavy atom. The summed E-state index contributed by atoms with van der Waals surface area (Å²) < 4.78 is 10.3. The van der Waals surface area contributed by atoms with E-state index in [0.717, 1.165) is 32.5 Å². The number of likely N-dealkylation sites (tertiary alicyclic amines) is 1. The van der Waals surface area contributed by atoms with Crippen molar-refractivity contribution in [2.45, 2.75) is 18.9 Å². The molecule has 132 valence electrons. The highest BCUT2D eigenvalue weighted by atomic mass is 16.5. The Bertz CT molecular complexity index is 560. The smallest absolute Gasteiger partial charge is 0.289 e. The first-order chi connectivity index (χ1) is 11.7.